The maximum absolute atomic E-state index is 11.7. The first-order chi connectivity index (χ1) is 9.08. The average molecular weight is 267 g/mol. The van der Waals surface area contributed by atoms with Gasteiger partial charge in [-0.15, -0.1) is 0 Å². The highest BCUT2D eigenvalue weighted by Crippen LogP contribution is 2.17. The summed E-state index contributed by atoms with van der Waals surface area (Å²) in [5.74, 6) is -1.28. The zero-order chi connectivity index (χ0) is 14.3. The number of anilines is 1. The van der Waals surface area contributed by atoms with Gasteiger partial charge in [0.05, 0.1) is 13.2 Å². The molecule has 0 atom stereocenters. The first kappa shape index (κ1) is 14.8. The second-order valence-corrected chi connectivity index (χ2v) is 3.57. The summed E-state index contributed by atoms with van der Waals surface area (Å²) < 4.78 is 14.9. The number of hydrogen-bond acceptors (Lipinski definition) is 6. The van der Waals surface area contributed by atoms with Gasteiger partial charge in [-0.1, -0.05) is 6.07 Å². The standard InChI is InChI=1S/C13H17NO5/c1-3-17-12(15)11(13(16)18-4-2)19-10-7-5-6-9(14)8-10/h5-8,11H,3-4,14H2,1-2H3. The Labute approximate surface area is 111 Å². The molecule has 0 spiro atoms. The summed E-state index contributed by atoms with van der Waals surface area (Å²) in [5.41, 5.74) is 6.05. The van der Waals surface area contributed by atoms with Gasteiger partial charge in [0, 0.05) is 11.8 Å². The summed E-state index contributed by atoms with van der Waals surface area (Å²) >= 11 is 0. The highest BCUT2D eigenvalue weighted by molar-refractivity contribution is 5.98. The fraction of sp³-hybridized carbons (Fsp3) is 0.385. The van der Waals surface area contributed by atoms with E-state index in [2.05, 4.69) is 0 Å². The molecule has 1 aromatic carbocycles. The van der Waals surface area contributed by atoms with Crippen molar-refractivity contribution in [1.29, 1.82) is 0 Å². The molecular formula is C13H17NO5. The van der Waals surface area contributed by atoms with Crippen LogP contribution in [0.3, 0.4) is 0 Å². The van der Waals surface area contributed by atoms with Gasteiger partial charge in [-0.3, -0.25) is 0 Å². The van der Waals surface area contributed by atoms with E-state index in [4.69, 9.17) is 19.9 Å². The summed E-state index contributed by atoms with van der Waals surface area (Å²) in [6, 6.07) is 6.40. The fourth-order valence-electron chi connectivity index (χ4n) is 1.35. The molecule has 0 aromatic heterocycles. The number of carbonyl (C=O) groups excluding carboxylic acids is 2. The third kappa shape index (κ3) is 4.50. The highest BCUT2D eigenvalue weighted by atomic mass is 16.6. The van der Waals surface area contributed by atoms with Crippen LogP contribution in [0.5, 0.6) is 5.75 Å². The maximum atomic E-state index is 11.7. The van der Waals surface area contributed by atoms with Gasteiger partial charge in [0.2, 0.25) is 0 Å². The van der Waals surface area contributed by atoms with E-state index in [0.717, 1.165) is 0 Å². The Kier molecular flexibility index (Phi) is 5.66. The largest absolute Gasteiger partial charge is 0.467 e. The number of benzene rings is 1. The van der Waals surface area contributed by atoms with E-state index in [9.17, 15) is 9.59 Å². The minimum Gasteiger partial charge on any atom is -0.467 e. The molecule has 0 heterocycles. The van der Waals surface area contributed by atoms with E-state index < -0.39 is 18.0 Å². The van der Waals surface area contributed by atoms with Gasteiger partial charge in [0.15, 0.2) is 0 Å². The Hall–Kier alpha value is -2.24. The quantitative estimate of drug-likeness (QED) is 0.472. The molecule has 0 aliphatic rings. The first-order valence-corrected chi connectivity index (χ1v) is 5.94. The van der Waals surface area contributed by atoms with Crippen molar-refractivity contribution >= 4 is 17.6 Å². The Morgan fingerprint density at radius 3 is 2.21 bits per heavy atom. The number of hydrogen-bond donors (Lipinski definition) is 1. The van der Waals surface area contributed by atoms with Crippen molar-refractivity contribution in [3.05, 3.63) is 24.3 Å². The number of esters is 2. The van der Waals surface area contributed by atoms with Gasteiger partial charge < -0.3 is 19.9 Å². The molecule has 0 bridgehead atoms. The van der Waals surface area contributed by atoms with Crippen molar-refractivity contribution in [3.63, 3.8) is 0 Å². The number of rotatable bonds is 6. The zero-order valence-corrected chi connectivity index (χ0v) is 10.9. The van der Waals surface area contributed by atoms with Crippen LogP contribution in [0.2, 0.25) is 0 Å². The minimum atomic E-state index is -1.44. The first-order valence-electron chi connectivity index (χ1n) is 5.94. The molecule has 104 valence electrons. The van der Waals surface area contributed by atoms with Crippen LogP contribution < -0.4 is 10.5 Å². The van der Waals surface area contributed by atoms with Crippen molar-refractivity contribution < 1.29 is 23.8 Å². The van der Waals surface area contributed by atoms with Crippen LogP contribution in [0, 0.1) is 0 Å². The second-order valence-electron chi connectivity index (χ2n) is 3.57. The van der Waals surface area contributed by atoms with Crippen LogP contribution in [-0.2, 0) is 19.1 Å². The smallest absolute Gasteiger partial charge is 0.359 e. The molecule has 1 rings (SSSR count). The normalized spacial score (nSPS) is 10.1. The summed E-state index contributed by atoms with van der Waals surface area (Å²) in [6.45, 7) is 3.57. The summed E-state index contributed by atoms with van der Waals surface area (Å²) in [4.78, 5) is 23.3. The molecule has 0 amide bonds. The van der Waals surface area contributed by atoms with Crippen LogP contribution in [-0.4, -0.2) is 31.3 Å². The van der Waals surface area contributed by atoms with Gasteiger partial charge in [0.25, 0.3) is 6.10 Å². The van der Waals surface area contributed by atoms with Crippen LogP contribution in [0.15, 0.2) is 24.3 Å². The summed E-state index contributed by atoms with van der Waals surface area (Å²) in [5, 5.41) is 0. The van der Waals surface area contributed by atoms with Crippen molar-refractivity contribution in [2.24, 2.45) is 0 Å². The second kappa shape index (κ2) is 7.25. The lowest BCUT2D eigenvalue weighted by Crippen LogP contribution is -2.38. The molecule has 2 N–H and O–H groups in total. The van der Waals surface area contributed by atoms with Crippen LogP contribution in [0.25, 0.3) is 0 Å². The average Bonchev–Trinajstić information content (AvgIpc) is 2.36. The SMILES string of the molecule is CCOC(=O)C(Oc1cccc(N)c1)C(=O)OCC. The molecule has 0 radical (unpaired) electrons. The Balaban J connectivity index is 2.84. The minimum absolute atomic E-state index is 0.148. The Morgan fingerprint density at radius 1 is 1.16 bits per heavy atom. The van der Waals surface area contributed by atoms with Crippen molar-refractivity contribution in [2.75, 3.05) is 18.9 Å². The number of ether oxygens (including phenoxy) is 3. The monoisotopic (exact) mass is 267 g/mol. The van der Waals surface area contributed by atoms with Gasteiger partial charge >= 0.3 is 11.9 Å². The van der Waals surface area contributed by atoms with E-state index in [1.54, 1.807) is 32.0 Å². The molecule has 6 nitrogen and oxygen atoms in total. The Bertz CT molecular complexity index is 428. The van der Waals surface area contributed by atoms with Crippen molar-refractivity contribution in [1.82, 2.24) is 0 Å². The molecule has 0 aliphatic carbocycles. The predicted octanol–water partition coefficient (Wildman–Crippen LogP) is 1.14. The molecule has 0 saturated heterocycles. The lowest BCUT2D eigenvalue weighted by molar-refractivity contribution is -0.166. The fourth-order valence-corrected chi connectivity index (χ4v) is 1.35. The molecule has 6 heteroatoms. The highest BCUT2D eigenvalue weighted by Gasteiger charge is 2.31. The lowest BCUT2D eigenvalue weighted by Gasteiger charge is -2.16. The molecule has 0 aliphatic heterocycles. The van der Waals surface area contributed by atoms with Crippen LogP contribution in [0.1, 0.15) is 13.8 Å². The molecule has 19 heavy (non-hydrogen) atoms. The maximum Gasteiger partial charge on any atom is 0.359 e. The van der Waals surface area contributed by atoms with E-state index in [-0.39, 0.29) is 13.2 Å². The molecule has 1 aromatic rings. The van der Waals surface area contributed by atoms with Gasteiger partial charge in [0.1, 0.15) is 5.75 Å². The summed E-state index contributed by atoms with van der Waals surface area (Å²) in [7, 11) is 0. The van der Waals surface area contributed by atoms with Gasteiger partial charge in [-0.25, -0.2) is 9.59 Å². The van der Waals surface area contributed by atoms with Crippen molar-refractivity contribution in [2.45, 2.75) is 20.0 Å². The Morgan fingerprint density at radius 2 is 1.74 bits per heavy atom. The van der Waals surface area contributed by atoms with Crippen molar-refractivity contribution in [3.8, 4) is 5.75 Å². The topological polar surface area (TPSA) is 87.9 Å². The number of nitrogens with two attached hydrogens (primary N) is 1. The molecule has 0 saturated carbocycles. The summed E-state index contributed by atoms with van der Waals surface area (Å²) in [6.07, 6.45) is -1.44. The third-order valence-electron chi connectivity index (χ3n) is 2.11. The third-order valence-corrected chi connectivity index (χ3v) is 2.11. The lowest BCUT2D eigenvalue weighted by atomic mass is 10.3. The molecular weight excluding hydrogens is 250 g/mol. The van der Waals surface area contributed by atoms with Crippen LogP contribution >= 0.6 is 0 Å². The zero-order valence-electron chi connectivity index (χ0n) is 10.9. The van der Waals surface area contributed by atoms with E-state index in [0.29, 0.717) is 11.4 Å². The predicted molar refractivity (Wildman–Crippen MR) is 68.5 cm³/mol. The molecule has 0 unspecified atom stereocenters. The number of carbonyl (C=O) groups is 2. The van der Waals surface area contributed by atoms with E-state index in [1.807, 2.05) is 0 Å². The van der Waals surface area contributed by atoms with Crippen LogP contribution in [0.4, 0.5) is 5.69 Å². The van der Waals surface area contributed by atoms with Gasteiger partial charge in [-0.05, 0) is 26.0 Å². The molecule has 0 fully saturated rings. The van der Waals surface area contributed by atoms with E-state index >= 15 is 0 Å². The van der Waals surface area contributed by atoms with Gasteiger partial charge in [-0.2, -0.15) is 0 Å². The number of nitrogen functional groups attached to an aromatic ring is 1. The van der Waals surface area contributed by atoms with E-state index in [1.165, 1.54) is 6.07 Å².